The Labute approximate surface area is 186 Å². The van der Waals surface area contributed by atoms with E-state index in [-0.39, 0.29) is 10.8 Å². The van der Waals surface area contributed by atoms with Crippen molar-refractivity contribution in [2.75, 3.05) is 23.1 Å². The summed E-state index contributed by atoms with van der Waals surface area (Å²) in [6.07, 6.45) is 1.88. The van der Waals surface area contributed by atoms with Crippen LogP contribution >= 0.6 is 11.8 Å². The second-order valence-corrected chi connectivity index (χ2v) is 10.9. The SMILES string of the molecule is Cc1ccccc1NS(=O)(=O)c1ccc2c(c1)NC(=O)[C@@H](C(=O)N1CCC(C)CC1)S2. The molecule has 0 spiro atoms. The fraction of sp³-hybridized carbons (Fsp3) is 0.364. The first-order chi connectivity index (χ1) is 14.7. The third-order valence-electron chi connectivity index (χ3n) is 5.71. The van der Waals surface area contributed by atoms with Gasteiger partial charge in [0.25, 0.3) is 10.0 Å². The predicted octanol–water partition coefficient (Wildman–Crippen LogP) is 3.47. The number of para-hydroxylation sites is 1. The van der Waals surface area contributed by atoms with E-state index in [1.165, 1.54) is 23.9 Å². The molecule has 2 amide bonds. The first kappa shape index (κ1) is 21.7. The Morgan fingerprint density at radius 3 is 2.58 bits per heavy atom. The number of likely N-dealkylation sites (tertiary alicyclic amines) is 1. The molecule has 4 rings (SSSR count). The minimum Gasteiger partial charge on any atom is -0.341 e. The zero-order valence-electron chi connectivity index (χ0n) is 17.4. The normalized spacial score (nSPS) is 19.5. The summed E-state index contributed by atoms with van der Waals surface area (Å²) in [6, 6.07) is 11.7. The molecule has 0 radical (unpaired) electrons. The van der Waals surface area contributed by atoms with E-state index in [0.717, 1.165) is 18.4 Å². The van der Waals surface area contributed by atoms with E-state index in [1.54, 1.807) is 23.1 Å². The van der Waals surface area contributed by atoms with E-state index < -0.39 is 21.2 Å². The number of carbonyl (C=O) groups is 2. The molecule has 9 heteroatoms. The van der Waals surface area contributed by atoms with Gasteiger partial charge in [-0.25, -0.2) is 8.42 Å². The first-order valence-electron chi connectivity index (χ1n) is 10.2. The zero-order chi connectivity index (χ0) is 22.2. The predicted molar refractivity (Wildman–Crippen MR) is 122 cm³/mol. The molecule has 1 fully saturated rings. The summed E-state index contributed by atoms with van der Waals surface area (Å²) in [4.78, 5) is 28.0. The number of benzene rings is 2. The number of piperidine rings is 1. The second-order valence-electron chi connectivity index (χ2n) is 8.07. The number of sulfonamides is 1. The highest BCUT2D eigenvalue weighted by atomic mass is 32.2. The molecule has 2 aliphatic rings. The van der Waals surface area contributed by atoms with Crippen molar-refractivity contribution in [1.29, 1.82) is 0 Å². The summed E-state index contributed by atoms with van der Waals surface area (Å²) in [5, 5.41) is 1.87. The summed E-state index contributed by atoms with van der Waals surface area (Å²) in [7, 11) is -3.82. The lowest BCUT2D eigenvalue weighted by Gasteiger charge is -2.33. The molecule has 0 bridgehead atoms. The highest BCUT2D eigenvalue weighted by molar-refractivity contribution is 8.01. The molecule has 2 N–H and O–H groups in total. The van der Waals surface area contributed by atoms with Gasteiger partial charge in [-0.3, -0.25) is 14.3 Å². The van der Waals surface area contributed by atoms with Gasteiger partial charge in [0, 0.05) is 18.0 Å². The van der Waals surface area contributed by atoms with Gasteiger partial charge in [0.15, 0.2) is 5.25 Å². The van der Waals surface area contributed by atoms with Crippen molar-refractivity contribution in [2.24, 2.45) is 5.92 Å². The van der Waals surface area contributed by atoms with Crippen molar-refractivity contribution in [3.63, 3.8) is 0 Å². The molecule has 1 saturated heterocycles. The van der Waals surface area contributed by atoms with Gasteiger partial charge < -0.3 is 10.2 Å². The van der Waals surface area contributed by atoms with E-state index >= 15 is 0 Å². The third-order valence-corrected chi connectivity index (χ3v) is 8.34. The van der Waals surface area contributed by atoms with Gasteiger partial charge in [-0.2, -0.15) is 0 Å². The summed E-state index contributed by atoms with van der Waals surface area (Å²) in [5.41, 5.74) is 1.71. The Bertz CT molecular complexity index is 1130. The lowest BCUT2D eigenvalue weighted by atomic mass is 9.99. The largest absolute Gasteiger partial charge is 0.341 e. The van der Waals surface area contributed by atoms with Gasteiger partial charge in [-0.15, -0.1) is 11.8 Å². The fourth-order valence-electron chi connectivity index (χ4n) is 3.70. The Kier molecular flexibility index (Phi) is 5.98. The standard InChI is InChI=1S/C22H25N3O4S2/c1-14-9-11-25(12-10-14)22(27)20-21(26)23-18-13-16(7-8-19(18)30-20)31(28,29)24-17-6-4-3-5-15(17)2/h3-8,13-14,20,24H,9-12H2,1-2H3,(H,23,26)/t20-/m0/s1. The number of fused-ring (bicyclic) bond motifs is 1. The van der Waals surface area contributed by atoms with Crippen LogP contribution in [0.3, 0.4) is 0 Å². The first-order valence-corrected chi connectivity index (χ1v) is 12.6. The van der Waals surface area contributed by atoms with Gasteiger partial charge in [-0.1, -0.05) is 25.1 Å². The molecule has 0 aromatic heterocycles. The number of anilines is 2. The van der Waals surface area contributed by atoms with Crippen LogP contribution < -0.4 is 10.0 Å². The van der Waals surface area contributed by atoms with E-state index in [9.17, 15) is 18.0 Å². The highest BCUT2D eigenvalue weighted by Gasteiger charge is 2.37. The van der Waals surface area contributed by atoms with Crippen molar-refractivity contribution in [2.45, 2.75) is 41.7 Å². The molecule has 2 heterocycles. The minimum absolute atomic E-state index is 0.0465. The number of nitrogens with zero attached hydrogens (tertiary/aromatic N) is 1. The van der Waals surface area contributed by atoms with Crippen LogP contribution in [0.5, 0.6) is 0 Å². The van der Waals surface area contributed by atoms with Crippen LogP contribution in [-0.2, 0) is 19.6 Å². The van der Waals surface area contributed by atoms with E-state index in [4.69, 9.17) is 0 Å². The molecular weight excluding hydrogens is 434 g/mol. The molecule has 2 aromatic carbocycles. The number of amides is 2. The van der Waals surface area contributed by atoms with Crippen molar-refractivity contribution in [1.82, 2.24) is 4.90 Å². The average molecular weight is 460 g/mol. The number of aryl methyl sites for hydroxylation is 1. The van der Waals surface area contributed by atoms with Gasteiger partial charge in [0.05, 0.1) is 16.3 Å². The van der Waals surface area contributed by atoms with Crippen LogP contribution in [0.25, 0.3) is 0 Å². The van der Waals surface area contributed by atoms with Crippen LogP contribution in [0.4, 0.5) is 11.4 Å². The van der Waals surface area contributed by atoms with Gasteiger partial charge in [0.1, 0.15) is 0 Å². The maximum absolute atomic E-state index is 12.9. The van der Waals surface area contributed by atoms with Crippen LogP contribution in [0.1, 0.15) is 25.3 Å². The molecule has 2 aliphatic heterocycles. The molecule has 2 aromatic rings. The summed E-state index contributed by atoms with van der Waals surface area (Å²) >= 11 is 1.17. The number of carbonyl (C=O) groups excluding carboxylic acids is 2. The average Bonchev–Trinajstić information content (AvgIpc) is 2.74. The monoisotopic (exact) mass is 459 g/mol. The third kappa shape index (κ3) is 4.57. The molecule has 31 heavy (non-hydrogen) atoms. The summed E-state index contributed by atoms with van der Waals surface area (Å²) in [5.74, 6) is -0.00763. The molecule has 0 unspecified atom stereocenters. The zero-order valence-corrected chi connectivity index (χ0v) is 19.1. The topological polar surface area (TPSA) is 95.6 Å². The quantitative estimate of drug-likeness (QED) is 0.683. The van der Waals surface area contributed by atoms with Crippen molar-refractivity contribution >= 4 is 45.0 Å². The van der Waals surface area contributed by atoms with Gasteiger partial charge in [-0.05, 0) is 55.5 Å². The van der Waals surface area contributed by atoms with Gasteiger partial charge >= 0.3 is 0 Å². The summed E-state index contributed by atoms with van der Waals surface area (Å²) < 4.78 is 28.3. The van der Waals surface area contributed by atoms with Crippen molar-refractivity contribution in [3.05, 3.63) is 48.0 Å². The number of rotatable bonds is 4. The number of hydrogen-bond acceptors (Lipinski definition) is 5. The lowest BCUT2D eigenvalue weighted by molar-refractivity contribution is -0.135. The van der Waals surface area contributed by atoms with Crippen molar-refractivity contribution < 1.29 is 18.0 Å². The molecule has 0 aliphatic carbocycles. The smallest absolute Gasteiger partial charge is 0.261 e. The van der Waals surface area contributed by atoms with Crippen LogP contribution in [0, 0.1) is 12.8 Å². The Balaban J connectivity index is 1.53. The summed E-state index contributed by atoms with van der Waals surface area (Å²) in [6.45, 7) is 5.32. The maximum atomic E-state index is 12.9. The molecule has 0 saturated carbocycles. The number of hydrogen-bond donors (Lipinski definition) is 2. The fourth-order valence-corrected chi connectivity index (χ4v) is 5.91. The molecule has 7 nitrogen and oxygen atoms in total. The number of nitrogens with one attached hydrogen (secondary N) is 2. The molecule has 164 valence electrons. The van der Waals surface area contributed by atoms with Gasteiger partial charge in [0.2, 0.25) is 11.8 Å². The highest BCUT2D eigenvalue weighted by Crippen LogP contribution is 2.38. The Hall–Kier alpha value is -2.52. The molecule has 1 atom stereocenters. The van der Waals surface area contributed by atoms with Crippen LogP contribution in [-0.4, -0.2) is 43.5 Å². The van der Waals surface area contributed by atoms with E-state index in [2.05, 4.69) is 17.0 Å². The second kappa shape index (κ2) is 8.55. The Morgan fingerprint density at radius 1 is 1.16 bits per heavy atom. The van der Waals surface area contributed by atoms with Crippen LogP contribution in [0.2, 0.25) is 0 Å². The lowest BCUT2D eigenvalue weighted by Crippen LogP contribution is -2.47. The van der Waals surface area contributed by atoms with Crippen LogP contribution in [0.15, 0.2) is 52.3 Å². The van der Waals surface area contributed by atoms with E-state index in [0.29, 0.717) is 35.3 Å². The van der Waals surface area contributed by atoms with Crippen molar-refractivity contribution in [3.8, 4) is 0 Å². The molecular formula is C22H25N3O4S2. The Morgan fingerprint density at radius 2 is 1.87 bits per heavy atom. The minimum atomic E-state index is -3.82. The maximum Gasteiger partial charge on any atom is 0.261 e. The van der Waals surface area contributed by atoms with E-state index in [1.807, 2.05) is 19.1 Å². The number of thioether (sulfide) groups is 1.